The van der Waals surface area contributed by atoms with Crippen LogP contribution in [0.25, 0.3) is 16.6 Å². The van der Waals surface area contributed by atoms with E-state index in [4.69, 9.17) is 9.47 Å². The number of halogens is 3. The number of nitrogens with zero attached hydrogens (tertiary/aromatic N) is 9. The summed E-state index contributed by atoms with van der Waals surface area (Å²) in [4.78, 5) is 46.5. The maximum absolute atomic E-state index is 15.5. The van der Waals surface area contributed by atoms with Crippen LogP contribution in [0, 0.1) is 17.8 Å². The predicted octanol–water partition coefficient (Wildman–Crippen LogP) is 3.93. The molecule has 4 atom stereocenters. The summed E-state index contributed by atoms with van der Waals surface area (Å²) in [5.41, 5.74) is 1.87. The fraction of sp³-hybridized carbons (Fsp3) is 0.523. The summed E-state index contributed by atoms with van der Waals surface area (Å²) in [6, 6.07) is 7.22. The van der Waals surface area contributed by atoms with Crippen LogP contribution in [0.1, 0.15) is 90.6 Å². The molecule has 20 heteroatoms. The highest BCUT2D eigenvalue weighted by Gasteiger charge is 2.34. The first-order valence-electron chi connectivity index (χ1n) is 21.8. The summed E-state index contributed by atoms with van der Waals surface area (Å²) in [6.07, 6.45) is 3.64. The molecular formula is C44H50F3N11O6. The average molecular weight is 886 g/mol. The van der Waals surface area contributed by atoms with Gasteiger partial charge in [-0.15, -0.1) is 0 Å². The van der Waals surface area contributed by atoms with Gasteiger partial charge in [0.05, 0.1) is 66.0 Å². The number of hydrogen-bond donors (Lipinski definition) is 3. The minimum atomic E-state index is -2.92. The maximum Gasteiger partial charge on any atom is 0.284 e. The number of aliphatic hydroxyl groups excluding tert-OH is 1. The number of aliphatic hydroxyl groups is 1. The number of anilines is 2. The van der Waals surface area contributed by atoms with Gasteiger partial charge < -0.3 is 24.8 Å². The van der Waals surface area contributed by atoms with Crippen LogP contribution in [-0.4, -0.2) is 133 Å². The molecule has 1 aromatic carbocycles. The largest absolute Gasteiger partial charge is 0.394 e. The number of rotatable bonds is 11. The van der Waals surface area contributed by atoms with Crippen molar-refractivity contribution in [3.05, 3.63) is 65.4 Å². The second kappa shape index (κ2) is 18.7. The van der Waals surface area contributed by atoms with E-state index in [0.717, 1.165) is 30.3 Å². The van der Waals surface area contributed by atoms with Gasteiger partial charge in [0.25, 0.3) is 12.3 Å². The van der Waals surface area contributed by atoms with Crippen molar-refractivity contribution in [1.82, 2.24) is 44.4 Å². The molecule has 7 heterocycles. The van der Waals surface area contributed by atoms with Gasteiger partial charge in [-0.2, -0.15) is 15.3 Å². The molecule has 0 spiro atoms. The SMILES string of the molecule is Cn1nc([C@@H]2CCC(=O)NC2=O)c2cccc(C#CCO[C@H]3CCN(CC4CCC(n5cc(NC(=O)c6cnn7ccc(N8CCO[C@H](CO)C8)nc67)c(C(F)F)n5)CC4)C[C@H]3F)c21. The number of carbonyl (C=O) groups is 3. The summed E-state index contributed by atoms with van der Waals surface area (Å²) < 4.78 is 60.2. The topological polar surface area (TPSA) is 186 Å². The molecule has 3 N–H and O–H groups in total. The lowest BCUT2D eigenvalue weighted by Gasteiger charge is -2.38. The smallest absolute Gasteiger partial charge is 0.284 e. The molecule has 338 valence electrons. The van der Waals surface area contributed by atoms with Crippen LogP contribution in [0.3, 0.4) is 0 Å². The lowest BCUT2D eigenvalue weighted by Crippen LogP contribution is -2.47. The normalized spacial score (nSPS) is 24.6. The van der Waals surface area contributed by atoms with Crippen molar-refractivity contribution in [2.45, 2.75) is 81.7 Å². The molecule has 64 heavy (non-hydrogen) atoms. The Morgan fingerprint density at radius 1 is 1.09 bits per heavy atom. The fourth-order valence-electron chi connectivity index (χ4n) is 9.49. The highest BCUT2D eigenvalue weighted by Crippen LogP contribution is 2.36. The Labute approximate surface area is 366 Å². The molecular weight excluding hydrogens is 836 g/mol. The number of carbonyl (C=O) groups excluding carboxylic acids is 3. The number of aryl methyl sites for hydroxylation is 1. The Morgan fingerprint density at radius 2 is 1.94 bits per heavy atom. The van der Waals surface area contributed by atoms with Crippen LogP contribution in [0.2, 0.25) is 0 Å². The Kier molecular flexibility index (Phi) is 12.7. The number of alkyl halides is 3. The second-order valence-corrected chi connectivity index (χ2v) is 17.0. The number of amides is 3. The van der Waals surface area contributed by atoms with E-state index in [2.05, 4.69) is 47.7 Å². The number of fused-ring (bicyclic) bond motifs is 2. The number of likely N-dealkylation sites (tertiary alicyclic amines) is 1. The first-order chi connectivity index (χ1) is 31.0. The Morgan fingerprint density at radius 3 is 2.72 bits per heavy atom. The van der Waals surface area contributed by atoms with Crippen molar-refractivity contribution in [1.29, 1.82) is 0 Å². The number of piperidine rings is 2. The number of aromatic nitrogens is 7. The summed E-state index contributed by atoms with van der Waals surface area (Å²) in [6.45, 7) is 2.95. The zero-order chi connectivity index (χ0) is 44.5. The number of ether oxygens (including phenoxy) is 2. The van der Waals surface area contributed by atoms with Crippen molar-refractivity contribution in [2.75, 3.05) is 62.8 Å². The Hall–Kier alpha value is -5.88. The quantitative estimate of drug-likeness (QED) is 0.129. The average Bonchev–Trinajstić information content (AvgIpc) is 4.01. The molecule has 4 fully saturated rings. The Bertz CT molecular complexity index is 2590. The molecule has 1 saturated carbocycles. The van der Waals surface area contributed by atoms with Gasteiger partial charge in [-0.05, 0) is 56.6 Å². The third kappa shape index (κ3) is 9.07. The highest BCUT2D eigenvalue weighted by molar-refractivity contribution is 6.08. The van der Waals surface area contributed by atoms with Gasteiger partial charge >= 0.3 is 0 Å². The molecule has 17 nitrogen and oxygen atoms in total. The lowest BCUT2D eigenvalue weighted by atomic mass is 9.85. The fourth-order valence-corrected chi connectivity index (χ4v) is 9.49. The van der Waals surface area contributed by atoms with Crippen LogP contribution in [0.4, 0.5) is 24.7 Å². The van der Waals surface area contributed by atoms with E-state index >= 15 is 4.39 Å². The van der Waals surface area contributed by atoms with Gasteiger partial charge in [-0.3, -0.25) is 34.0 Å². The van der Waals surface area contributed by atoms with Crippen molar-refractivity contribution in [3.8, 4) is 11.8 Å². The molecule has 3 aliphatic heterocycles. The third-order valence-corrected chi connectivity index (χ3v) is 12.8. The van der Waals surface area contributed by atoms with Gasteiger partial charge in [-0.25, -0.2) is 22.7 Å². The van der Waals surface area contributed by atoms with Crippen molar-refractivity contribution >= 4 is 45.8 Å². The molecule has 0 radical (unpaired) electrons. The van der Waals surface area contributed by atoms with Gasteiger partial charge in [0.15, 0.2) is 11.3 Å². The van der Waals surface area contributed by atoms with E-state index in [1.807, 2.05) is 23.1 Å². The van der Waals surface area contributed by atoms with Gasteiger partial charge in [0.1, 0.15) is 24.2 Å². The van der Waals surface area contributed by atoms with Crippen molar-refractivity contribution in [2.24, 2.45) is 13.0 Å². The first-order valence-corrected chi connectivity index (χ1v) is 21.8. The van der Waals surface area contributed by atoms with Gasteiger partial charge in [0, 0.05) is 64.0 Å². The standard InChI is InChI=1S/C44H50F3N11O6/c1-54-40-27(4-2-6-30(40)38(52-54)31-11-12-37(60)51-43(31)61)5-3-18-64-35-13-15-55(23-33(35)45)21-26-7-9-28(10-8-26)58-24-34(39(53-58)41(46)47)49-44(62)32-20-48-57-16-14-36(50-42(32)57)56-17-19-63-29(22-56)25-59/h2,4,6,14,16,20,24,26,28-29,31,33,35,41,59H,7-13,15,17-19,21-23,25H2,1H3,(H,49,62)(H,51,60,61)/t26?,28?,29-,31-,33+,35-/m0/s1. The zero-order valence-corrected chi connectivity index (χ0v) is 35.3. The Balaban J connectivity index is 0.756. The lowest BCUT2D eigenvalue weighted by molar-refractivity contribution is -0.134. The third-order valence-electron chi connectivity index (χ3n) is 12.8. The number of morpholine rings is 1. The summed E-state index contributed by atoms with van der Waals surface area (Å²) in [7, 11) is 1.79. The highest BCUT2D eigenvalue weighted by atomic mass is 19.3. The first kappa shape index (κ1) is 43.4. The van der Waals surface area contributed by atoms with E-state index < -0.39 is 36.2 Å². The van der Waals surface area contributed by atoms with Crippen LogP contribution in [0.5, 0.6) is 0 Å². The van der Waals surface area contributed by atoms with Gasteiger partial charge in [-0.1, -0.05) is 24.0 Å². The molecule has 9 rings (SSSR count). The molecule has 5 aromatic rings. The van der Waals surface area contributed by atoms with Crippen molar-refractivity contribution < 1.29 is 42.1 Å². The second-order valence-electron chi connectivity index (χ2n) is 17.0. The predicted molar refractivity (Wildman–Crippen MR) is 227 cm³/mol. The van der Waals surface area contributed by atoms with Crippen LogP contribution < -0.4 is 15.5 Å². The van der Waals surface area contributed by atoms with Crippen LogP contribution in [-0.2, 0) is 26.1 Å². The summed E-state index contributed by atoms with van der Waals surface area (Å²) in [5.74, 6) is 5.25. The van der Waals surface area contributed by atoms with Gasteiger partial charge in [0.2, 0.25) is 11.8 Å². The maximum atomic E-state index is 15.5. The molecule has 3 saturated heterocycles. The van der Waals surface area contributed by atoms with Crippen molar-refractivity contribution in [3.63, 3.8) is 0 Å². The summed E-state index contributed by atoms with van der Waals surface area (Å²) in [5, 5.41) is 28.5. The molecule has 0 bridgehead atoms. The molecule has 1 aliphatic carbocycles. The molecule has 3 amide bonds. The van der Waals surface area contributed by atoms with E-state index in [1.54, 1.807) is 24.0 Å². The number of imide groups is 1. The summed E-state index contributed by atoms with van der Waals surface area (Å²) >= 11 is 0. The zero-order valence-electron chi connectivity index (χ0n) is 35.3. The van der Waals surface area contributed by atoms with E-state index in [1.165, 1.54) is 21.6 Å². The van der Waals surface area contributed by atoms with Crippen LogP contribution >= 0.6 is 0 Å². The molecule has 4 aliphatic rings. The molecule has 4 aromatic heterocycles. The van der Waals surface area contributed by atoms with E-state index in [-0.39, 0.29) is 67.0 Å². The number of benzene rings is 1. The van der Waals surface area contributed by atoms with Crippen LogP contribution in [0.15, 0.2) is 42.9 Å². The minimum Gasteiger partial charge on any atom is -0.394 e. The molecule has 0 unspecified atom stereocenters. The number of para-hydroxylation sites is 1. The van der Waals surface area contributed by atoms with E-state index in [0.29, 0.717) is 74.9 Å². The minimum absolute atomic E-state index is 0.0522. The van der Waals surface area contributed by atoms with E-state index in [9.17, 15) is 28.3 Å². The number of hydrogen-bond acceptors (Lipinski definition) is 12. The number of nitrogens with one attached hydrogen (secondary N) is 2. The monoisotopic (exact) mass is 885 g/mol.